The molecule has 1 amide bonds. The minimum absolute atomic E-state index is 0.0930. The first-order valence-electron chi connectivity index (χ1n) is 7.81. The average Bonchev–Trinajstić information content (AvgIpc) is 2.53. The molecule has 0 bridgehead atoms. The summed E-state index contributed by atoms with van der Waals surface area (Å²) >= 11 is 0. The lowest BCUT2D eigenvalue weighted by Gasteiger charge is -2.16. The van der Waals surface area contributed by atoms with Gasteiger partial charge in [0.25, 0.3) is 0 Å². The van der Waals surface area contributed by atoms with Crippen LogP contribution in [0.1, 0.15) is 25.0 Å². The third-order valence-corrected chi connectivity index (χ3v) is 3.78. The molecule has 4 nitrogen and oxygen atoms in total. The molecule has 0 aliphatic rings. The summed E-state index contributed by atoms with van der Waals surface area (Å²) in [7, 11) is 0. The van der Waals surface area contributed by atoms with E-state index in [-0.39, 0.29) is 11.8 Å². The predicted molar refractivity (Wildman–Crippen MR) is 93.4 cm³/mol. The highest BCUT2D eigenvalue weighted by atomic mass is 16.5. The van der Waals surface area contributed by atoms with Gasteiger partial charge in [-0.2, -0.15) is 0 Å². The van der Waals surface area contributed by atoms with E-state index in [1.54, 1.807) is 0 Å². The van der Waals surface area contributed by atoms with Crippen molar-refractivity contribution in [2.45, 2.75) is 33.4 Å². The van der Waals surface area contributed by atoms with Gasteiger partial charge >= 0.3 is 0 Å². The van der Waals surface area contributed by atoms with Crippen LogP contribution in [0.2, 0.25) is 0 Å². The standard InChI is InChI=1S/C19H24N2O2/c1-13(2)18(20)19(22)21-16-9-6-10-17(11-16)23-12-15-8-5-4-7-14(15)3/h4-11,13,18H,12,20H2,1-3H3,(H,21,22)/t18-/m0/s1. The Kier molecular flexibility index (Phi) is 5.77. The summed E-state index contributed by atoms with van der Waals surface area (Å²) in [6, 6.07) is 14.9. The number of nitrogens with one attached hydrogen (secondary N) is 1. The molecule has 0 spiro atoms. The highest BCUT2D eigenvalue weighted by Gasteiger charge is 2.17. The van der Waals surface area contributed by atoms with Crippen molar-refractivity contribution >= 4 is 11.6 Å². The molecule has 0 saturated heterocycles. The lowest BCUT2D eigenvalue weighted by Crippen LogP contribution is -2.39. The maximum absolute atomic E-state index is 12.0. The van der Waals surface area contributed by atoms with Crippen molar-refractivity contribution in [3.63, 3.8) is 0 Å². The predicted octanol–water partition coefficient (Wildman–Crippen LogP) is 3.50. The Morgan fingerprint density at radius 3 is 2.61 bits per heavy atom. The highest BCUT2D eigenvalue weighted by molar-refractivity contribution is 5.94. The van der Waals surface area contributed by atoms with Gasteiger partial charge in [-0.05, 0) is 36.1 Å². The van der Waals surface area contributed by atoms with Crippen LogP contribution in [0.25, 0.3) is 0 Å². The largest absolute Gasteiger partial charge is 0.489 e. The number of anilines is 1. The second-order valence-corrected chi connectivity index (χ2v) is 6.00. The van der Waals surface area contributed by atoms with Gasteiger partial charge < -0.3 is 15.8 Å². The number of nitrogens with two attached hydrogens (primary N) is 1. The molecule has 2 rings (SSSR count). The molecule has 0 aliphatic carbocycles. The van der Waals surface area contributed by atoms with E-state index in [9.17, 15) is 4.79 Å². The van der Waals surface area contributed by atoms with E-state index in [0.29, 0.717) is 18.0 Å². The van der Waals surface area contributed by atoms with Crippen molar-refractivity contribution < 1.29 is 9.53 Å². The van der Waals surface area contributed by atoms with Crippen molar-refractivity contribution in [1.82, 2.24) is 0 Å². The van der Waals surface area contributed by atoms with Crippen LogP contribution >= 0.6 is 0 Å². The fourth-order valence-corrected chi connectivity index (χ4v) is 2.13. The molecule has 2 aromatic rings. The molecule has 0 unspecified atom stereocenters. The van der Waals surface area contributed by atoms with Gasteiger partial charge in [-0.25, -0.2) is 0 Å². The van der Waals surface area contributed by atoms with Gasteiger partial charge in [-0.3, -0.25) is 4.79 Å². The maximum atomic E-state index is 12.0. The van der Waals surface area contributed by atoms with E-state index >= 15 is 0 Å². The summed E-state index contributed by atoms with van der Waals surface area (Å²) in [5, 5.41) is 2.83. The van der Waals surface area contributed by atoms with Crippen molar-refractivity contribution in [2.24, 2.45) is 11.7 Å². The Balaban J connectivity index is 2.00. The number of ether oxygens (including phenoxy) is 1. The first kappa shape index (κ1) is 17.0. The first-order chi connectivity index (χ1) is 11.0. The fraction of sp³-hybridized carbons (Fsp3) is 0.316. The Labute approximate surface area is 137 Å². The van der Waals surface area contributed by atoms with E-state index in [0.717, 1.165) is 5.56 Å². The lowest BCUT2D eigenvalue weighted by atomic mass is 10.0. The number of hydrogen-bond acceptors (Lipinski definition) is 3. The summed E-state index contributed by atoms with van der Waals surface area (Å²) in [5.74, 6) is 0.621. The zero-order valence-electron chi connectivity index (χ0n) is 13.9. The molecule has 3 N–H and O–H groups in total. The van der Waals surface area contributed by atoms with Crippen molar-refractivity contribution in [2.75, 3.05) is 5.32 Å². The summed E-state index contributed by atoms with van der Waals surface area (Å²) in [6.07, 6.45) is 0. The number of benzene rings is 2. The van der Waals surface area contributed by atoms with Crippen LogP contribution in [0, 0.1) is 12.8 Å². The van der Waals surface area contributed by atoms with Gasteiger partial charge in [0.2, 0.25) is 5.91 Å². The number of carbonyl (C=O) groups excluding carboxylic acids is 1. The van der Waals surface area contributed by atoms with E-state index in [4.69, 9.17) is 10.5 Å². The van der Waals surface area contributed by atoms with Crippen LogP contribution in [0.3, 0.4) is 0 Å². The molecule has 4 heteroatoms. The number of aryl methyl sites for hydroxylation is 1. The molecule has 0 fully saturated rings. The van der Waals surface area contributed by atoms with Crippen LogP contribution in [0.15, 0.2) is 48.5 Å². The van der Waals surface area contributed by atoms with Crippen molar-refractivity contribution in [1.29, 1.82) is 0 Å². The summed E-state index contributed by atoms with van der Waals surface area (Å²) in [6.45, 7) is 6.40. The van der Waals surface area contributed by atoms with Crippen LogP contribution in [-0.4, -0.2) is 11.9 Å². The van der Waals surface area contributed by atoms with Gasteiger partial charge in [0, 0.05) is 11.8 Å². The molecule has 2 aromatic carbocycles. The first-order valence-corrected chi connectivity index (χ1v) is 7.81. The topological polar surface area (TPSA) is 64.3 Å². The number of hydrogen-bond donors (Lipinski definition) is 2. The highest BCUT2D eigenvalue weighted by Crippen LogP contribution is 2.20. The van der Waals surface area contributed by atoms with Crippen LogP contribution in [-0.2, 0) is 11.4 Å². The Hall–Kier alpha value is -2.33. The fourth-order valence-electron chi connectivity index (χ4n) is 2.13. The molecule has 0 heterocycles. The number of rotatable bonds is 6. The Morgan fingerprint density at radius 1 is 1.17 bits per heavy atom. The second kappa shape index (κ2) is 7.79. The summed E-state index contributed by atoms with van der Waals surface area (Å²) < 4.78 is 5.82. The Morgan fingerprint density at radius 2 is 1.91 bits per heavy atom. The lowest BCUT2D eigenvalue weighted by molar-refractivity contribution is -0.118. The van der Waals surface area contributed by atoms with Gasteiger partial charge in [0.1, 0.15) is 12.4 Å². The monoisotopic (exact) mass is 312 g/mol. The minimum Gasteiger partial charge on any atom is -0.489 e. The number of amides is 1. The Bertz CT molecular complexity index is 668. The minimum atomic E-state index is -0.522. The van der Waals surface area contributed by atoms with Crippen LogP contribution < -0.4 is 15.8 Å². The average molecular weight is 312 g/mol. The second-order valence-electron chi connectivity index (χ2n) is 6.00. The van der Waals surface area contributed by atoms with E-state index in [1.807, 2.05) is 56.3 Å². The molecular weight excluding hydrogens is 288 g/mol. The van der Waals surface area contributed by atoms with Gasteiger partial charge in [-0.15, -0.1) is 0 Å². The molecule has 1 atom stereocenters. The van der Waals surface area contributed by atoms with Gasteiger partial charge in [0.05, 0.1) is 6.04 Å². The molecule has 23 heavy (non-hydrogen) atoms. The van der Waals surface area contributed by atoms with Crippen molar-refractivity contribution in [3.8, 4) is 5.75 Å². The van der Waals surface area contributed by atoms with Crippen molar-refractivity contribution in [3.05, 3.63) is 59.7 Å². The summed E-state index contributed by atoms with van der Waals surface area (Å²) in [5.41, 5.74) is 8.88. The molecular formula is C19H24N2O2. The van der Waals surface area contributed by atoms with Crippen LogP contribution in [0.4, 0.5) is 5.69 Å². The third-order valence-electron chi connectivity index (χ3n) is 3.78. The van der Waals surface area contributed by atoms with E-state index < -0.39 is 6.04 Å². The van der Waals surface area contributed by atoms with Gasteiger partial charge in [-0.1, -0.05) is 44.2 Å². The number of carbonyl (C=O) groups is 1. The van der Waals surface area contributed by atoms with Crippen LogP contribution in [0.5, 0.6) is 5.75 Å². The van der Waals surface area contributed by atoms with E-state index in [2.05, 4.69) is 18.3 Å². The van der Waals surface area contributed by atoms with Gasteiger partial charge in [0.15, 0.2) is 0 Å². The van der Waals surface area contributed by atoms with E-state index in [1.165, 1.54) is 5.56 Å². The zero-order valence-corrected chi connectivity index (χ0v) is 13.9. The molecule has 122 valence electrons. The smallest absolute Gasteiger partial charge is 0.241 e. The zero-order chi connectivity index (χ0) is 16.8. The molecule has 0 aromatic heterocycles. The molecule has 0 aliphatic heterocycles. The molecule has 0 radical (unpaired) electrons. The molecule has 0 saturated carbocycles. The summed E-state index contributed by atoms with van der Waals surface area (Å²) in [4.78, 5) is 12.0. The third kappa shape index (κ3) is 4.83. The maximum Gasteiger partial charge on any atom is 0.241 e. The SMILES string of the molecule is Cc1ccccc1COc1cccc(NC(=O)[C@@H](N)C(C)C)c1. The quantitative estimate of drug-likeness (QED) is 0.858. The normalized spacial score (nSPS) is 12.0.